The summed E-state index contributed by atoms with van der Waals surface area (Å²) >= 11 is 2.99. The summed E-state index contributed by atoms with van der Waals surface area (Å²) in [6.45, 7) is 0. The molecule has 2 aromatic heterocycles. The zero-order valence-electron chi connectivity index (χ0n) is 12.2. The minimum absolute atomic E-state index is 0.0343. The van der Waals surface area contributed by atoms with Crippen molar-refractivity contribution in [2.45, 2.75) is 37.4 Å². The third-order valence-electron chi connectivity index (χ3n) is 4.35. The molecule has 2 saturated heterocycles. The molecular formula is C15H17N3O2S2. The van der Waals surface area contributed by atoms with Crippen LogP contribution >= 0.6 is 22.7 Å². The molecule has 4 heterocycles. The van der Waals surface area contributed by atoms with E-state index < -0.39 is 0 Å². The first kappa shape index (κ1) is 14.2. The molecule has 2 bridgehead atoms. The summed E-state index contributed by atoms with van der Waals surface area (Å²) in [5.74, 6) is 0.0343. The van der Waals surface area contributed by atoms with Gasteiger partial charge in [-0.2, -0.15) is 0 Å². The third kappa shape index (κ3) is 2.53. The Kier molecular flexibility index (Phi) is 3.63. The van der Waals surface area contributed by atoms with E-state index >= 15 is 0 Å². The second kappa shape index (κ2) is 5.64. The van der Waals surface area contributed by atoms with Crippen molar-refractivity contribution in [2.24, 2.45) is 0 Å². The molecule has 0 spiro atoms. The number of thiazole rings is 1. The predicted octanol–water partition coefficient (Wildman–Crippen LogP) is 2.50. The normalized spacial score (nSPS) is 26.3. The van der Waals surface area contributed by atoms with Crippen LogP contribution in [-0.4, -0.2) is 36.1 Å². The molecule has 22 heavy (non-hydrogen) atoms. The molecule has 2 aromatic rings. The zero-order chi connectivity index (χ0) is 15.1. The average molecular weight is 335 g/mol. The Bertz CT molecular complexity index is 697. The maximum atomic E-state index is 12.4. The molecule has 0 unspecified atom stereocenters. The summed E-state index contributed by atoms with van der Waals surface area (Å²) in [5.41, 5.74) is 0. The summed E-state index contributed by atoms with van der Waals surface area (Å²) in [4.78, 5) is 19.4. The topological polar surface area (TPSA) is 63.2 Å². The van der Waals surface area contributed by atoms with Crippen LogP contribution < -0.4 is 15.4 Å². The molecular weight excluding hydrogens is 318 g/mol. The van der Waals surface area contributed by atoms with Gasteiger partial charge in [-0.3, -0.25) is 4.79 Å². The number of fused-ring (bicyclic) bond motifs is 2. The number of thiophene rings is 1. The van der Waals surface area contributed by atoms with E-state index in [1.807, 2.05) is 12.1 Å². The molecule has 0 aliphatic carbocycles. The van der Waals surface area contributed by atoms with Gasteiger partial charge in [0.1, 0.15) is 0 Å². The number of amides is 1. The second-order valence-electron chi connectivity index (χ2n) is 5.72. The summed E-state index contributed by atoms with van der Waals surface area (Å²) < 4.78 is 5.11. The van der Waals surface area contributed by atoms with Crippen molar-refractivity contribution >= 4 is 28.6 Å². The molecule has 5 nitrogen and oxygen atoms in total. The van der Waals surface area contributed by atoms with Crippen LogP contribution in [0.3, 0.4) is 0 Å². The number of nitrogens with one attached hydrogen (secondary N) is 2. The third-order valence-corrected chi connectivity index (χ3v) is 6.59. The fourth-order valence-corrected chi connectivity index (χ4v) is 5.00. The minimum Gasteiger partial charge on any atom is -0.473 e. The molecule has 0 radical (unpaired) electrons. The van der Waals surface area contributed by atoms with Crippen LogP contribution in [0, 0.1) is 0 Å². The molecule has 1 amide bonds. The van der Waals surface area contributed by atoms with Gasteiger partial charge in [0.15, 0.2) is 0 Å². The Morgan fingerprint density at radius 2 is 2.27 bits per heavy atom. The monoisotopic (exact) mass is 335 g/mol. The van der Waals surface area contributed by atoms with Gasteiger partial charge in [0.2, 0.25) is 0 Å². The van der Waals surface area contributed by atoms with Crippen LogP contribution in [0.5, 0.6) is 5.19 Å². The van der Waals surface area contributed by atoms with E-state index in [1.54, 1.807) is 13.3 Å². The molecule has 2 N–H and O–H groups in total. The van der Waals surface area contributed by atoms with Crippen LogP contribution in [0.2, 0.25) is 0 Å². The van der Waals surface area contributed by atoms with Gasteiger partial charge in [0, 0.05) is 23.0 Å². The Morgan fingerprint density at radius 1 is 1.36 bits per heavy atom. The Balaban J connectivity index is 1.45. The fourth-order valence-electron chi connectivity index (χ4n) is 3.28. The van der Waals surface area contributed by atoms with E-state index in [2.05, 4.69) is 15.6 Å². The highest BCUT2D eigenvalue weighted by molar-refractivity contribution is 7.23. The van der Waals surface area contributed by atoms with Crippen LogP contribution in [-0.2, 0) is 0 Å². The van der Waals surface area contributed by atoms with Gasteiger partial charge in [-0.25, -0.2) is 4.98 Å². The molecule has 7 heteroatoms. The van der Waals surface area contributed by atoms with E-state index in [1.165, 1.54) is 35.5 Å². The van der Waals surface area contributed by atoms with Crippen molar-refractivity contribution in [2.75, 3.05) is 7.11 Å². The molecule has 116 valence electrons. The molecule has 0 aromatic carbocycles. The van der Waals surface area contributed by atoms with Gasteiger partial charge in [0.05, 0.1) is 23.1 Å². The maximum Gasteiger partial charge on any atom is 0.273 e. The van der Waals surface area contributed by atoms with E-state index in [0.717, 1.165) is 21.1 Å². The van der Waals surface area contributed by atoms with Crippen molar-refractivity contribution in [3.63, 3.8) is 0 Å². The SMILES string of the molecule is COc1ncc(-c2ccc(C(=O)N[C@@H]3C[C@H]4CC[C@@H]3N4)s2)s1. The van der Waals surface area contributed by atoms with Gasteiger partial charge < -0.3 is 15.4 Å². The van der Waals surface area contributed by atoms with Crippen LogP contribution in [0.1, 0.15) is 28.9 Å². The number of hydrogen-bond donors (Lipinski definition) is 2. The Labute approximate surface area is 136 Å². The lowest BCUT2D eigenvalue weighted by molar-refractivity contribution is 0.0935. The van der Waals surface area contributed by atoms with Crippen LogP contribution in [0.25, 0.3) is 9.75 Å². The molecule has 0 saturated carbocycles. The molecule has 2 fully saturated rings. The Hall–Kier alpha value is -1.44. The highest BCUT2D eigenvalue weighted by Crippen LogP contribution is 2.35. The van der Waals surface area contributed by atoms with Crippen molar-refractivity contribution in [1.29, 1.82) is 0 Å². The van der Waals surface area contributed by atoms with Crippen LogP contribution in [0.15, 0.2) is 18.3 Å². The minimum atomic E-state index is 0.0343. The first-order valence-electron chi connectivity index (χ1n) is 7.40. The summed E-state index contributed by atoms with van der Waals surface area (Å²) in [5, 5.41) is 7.36. The van der Waals surface area contributed by atoms with E-state index in [9.17, 15) is 4.79 Å². The molecule has 2 aliphatic rings. The molecule has 2 aliphatic heterocycles. The number of carbonyl (C=O) groups excluding carboxylic acids is 1. The van der Waals surface area contributed by atoms with E-state index in [-0.39, 0.29) is 11.9 Å². The molecule has 3 atom stereocenters. The van der Waals surface area contributed by atoms with Gasteiger partial charge in [-0.15, -0.1) is 11.3 Å². The lowest BCUT2D eigenvalue weighted by Crippen LogP contribution is -2.42. The maximum absolute atomic E-state index is 12.4. The van der Waals surface area contributed by atoms with Crippen LogP contribution in [0.4, 0.5) is 0 Å². The summed E-state index contributed by atoms with van der Waals surface area (Å²) in [7, 11) is 1.61. The van der Waals surface area contributed by atoms with Crippen molar-refractivity contribution in [3.8, 4) is 14.9 Å². The smallest absolute Gasteiger partial charge is 0.273 e. The Morgan fingerprint density at radius 3 is 2.95 bits per heavy atom. The lowest BCUT2D eigenvalue weighted by atomic mass is 9.95. The number of methoxy groups -OCH3 is 1. The number of nitrogens with zero attached hydrogens (tertiary/aromatic N) is 1. The summed E-state index contributed by atoms with van der Waals surface area (Å²) in [6, 6.07) is 5.20. The first-order chi connectivity index (χ1) is 10.7. The average Bonchev–Trinajstić information content (AvgIpc) is 3.28. The van der Waals surface area contributed by atoms with Gasteiger partial charge in [0.25, 0.3) is 11.1 Å². The van der Waals surface area contributed by atoms with Crippen molar-refractivity contribution in [3.05, 3.63) is 23.2 Å². The van der Waals surface area contributed by atoms with Gasteiger partial charge >= 0.3 is 0 Å². The lowest BCUT2D eigenvalue weighted by Gasteiger charge is -2.20. The molecule has 4 rings (SSSR count). The van der Waals surface area contributed by atoms with Gasteiger partial charge in [-0.1, -0.05) is 11.3 Å². The standard InChI is InChI=1S/C15H17N3O2S2/c1-20-15-16-7-13(22-15)11-4-5-12(21-11)14(19)18-10-6-8-2-3-9(10)17-8/h4-5,7-10,17H,2-3,6H2,1H3,(H,18,19)/t8-,9+,10-/m1/s1. The number of aromatic nitrogens is 1. The number of rotatable bonds is 4. The number of ether oxygens (including phenoxy) is 1. The number of carbonyl (C=O) groups is 1. The van der Waals surface area contributed by atoms with E-state index in [4.69, 9.17) is 4.74 Å². The van der Waals surface area contributed by atoms with Crippen molar-refractivity contribution in [1.82, 2.24) is 15.6 Å². The van der Waals surface area contributed by atoms with E-state index in [0.29, 0.717) is 17.3 Å². The highest BCUT2D eigenvalue weighted by atomic mass is 32.1. The highest BCUT2D eigenvalue weighted by Gasteiger charge is 2.39. The zero-order valence-corrected chi connectivity index (χ0v) is 13.8. The summed E-state index contributed by atoms with van der Waals surface area (Å²) in [6.07, 6.45) is 5.26. The largest absolute Gasteiger partial charge is 0.473 e. The van der Waals surface area contributed by atoms with Gasteiger partial charge in [-0.05, 0) is 31.4 Å². The number of hydrogen-bond acceptors (Lipinski definition) is 6. The fraction of sp³-hybridized carbons (Fsp3) is 0.467. The first-order valence-corrected chi connectivity index (χ1v) is 9.03. The quantitative estimate of drug-likeness (QED) is 0.901. The van der Waals surface area contributed by atoms with Crippen molar-refractivity contribution < 1.29 is 9.53 Å². The predicted molar refractivity (Wildman–Crippen MR) is 87.8 cm³/mol. The second-order valence-corrected chi connectivity index (χ2v) is 7.80.